The molecule has 2 aliphatic carbocycles. The average molecular weight is 427 g/mol. The maximum atomic E-state index is 13.0. The Bertz CT molecular complexity index is 657. The van der Waals surface area contributed by atoms with E-state index in [-0.39, 0.29) is 45.1 Å². The van der Waals surface area contributed by atoms with E-state index in [1.54, 1.807) is 0 Å². The number of hydrogen-bond donors (Lipinski definition) is 0. The van der Waals surface area contributed by atoms with Crippen LogP contribution in [0.5, 0.6) is 0 Å². The minimum Gasteiger partial charge on any atom is -0.274 e. The van der Waals surface area contributed by atoms with E-state index in [1.165, 1.54) is 4.90 Å². The van der Waals surface area contributed by atoms with Gasteiger partial charge >= 0.3 is 0 Å². The molecule has 116 valence electrons. The Morgan fingerprint density at radius 1 is 1.00 bits per heavy atom. The number of carbonyl (C=O) groups excluding carboxylic acids is 2. The van der Waals surface area contributed by atoms with Gasteiger partial charge in [0.1, 0.15) is 0 Å². The van der Waals surface area contributed by atoms with Crippen LogP contribution < -0.4 is 4.90 Å². The number of nitrogens with zero attached hydrogens (tertiary/aromatic N) is 1. The molecule has 1 aliphatic heterocycles. The van der Waals surface area contributed by atoms with Crippen molar-refractivity contribution in [3.8, 4) is 0 Å². The van der Waals surface area contributed by atoms with E-state index in [1.807, 2.05) is 32.0 Å². The van der Waals surface area contributed by atoms with Gasteiger partial charge in [-0.3, -0.25) is 9.59 Å². The van der Waals surface area contributed by atoms with E-state index in [0.717, 1.165) is 23.2 Å². The first-order valence-electron chi connectivity index (χ1n) is 7.65. The van der Waals surface area contributed by atoms with Gasteiger partial charge < -0.3 is 0 Å². The number of rotatable bonds is 1. The van der Waals surface area contributed by atoms with Crippen molar-refractivity contribution in [3.05, 3.63) is 29.3 Å². The number of hydrogen-bond acceptors (Lipinski definition) is 2. The van der Waals surface area contributed by atoms with Crippen LogP contribution in [0.1, 0.15) is 17.5 Å². The molecule has 0 aromatic heterocycles. The molecule has 5 heteroatoms. The number of benzene rings is 1. The first-order valence-corrected chi connectivity index (χ1v) is 9.48. The van der Waals surface area contributed by atoms with Crippen LogP contribution in [0.25, 0.3) is 0 Å². The van der Waals surface area contributed by atoms with Crippen LogP contribution in [0.2, 0.25) is 0 Å². The third-order valence-corrected chi connectivity index (χ3v) is 8.80. The maximum Gasteiger partial charge on any atom is 0.238 e. The lowest BCUT2D eigenvalue weighted by Gasteiger charge is -2.28. The van der Waals surface area contributed by atoms with Crippen LogP contribution in [0, 0.1) is 37.5 Å². The Morgan fingerprint density at radius 2 is 1.55 bits per heavy atom. The molecule has 3 aliphatic rings. The van der Waals surface area contributed by atoms with Gasteiger partial charge in [0.25, 0.3) is 0 Å². The monoisotopic (exact) mass is 425 g/mol. The standard InChI is InChI=1S/C17H17Br2NO2/c1-7-3-4-8(2)11(5-7)20-16(21)12-9-6-10(13(12)17(20)22)15(19)14(9)18/h3-5,9-10,12-15H,6H2,1-2H3/t9-,10-,12-,13-,14-,15+/m0/s1. The minimum absolute atomic E-state index is 0.0000463. The van der Waals surface area contributed by atoms with Gasteiger partial charge in [0.15, 0.2) is 0 Å². The molecular weight excluding hydrogens is 410 g/mol. The molecule has 0 unspecified atom stereocenters. The van der Waals surface area contributed by atoms with Gasteiger partial charge in [-0.1, -0.05) is 44.0 Å². The summed E-state index contributed by atoms with van der Waals surface area (Å²) >= 11 is 7.44. The van der Waals surface area contributed by atoms with Gasteiger partial charge in [-0.05, 0) is 49.3 Å². The second-order valence-electron chi connectivity index (χ2n) is 6.81. The molecule has 22 heavy (non-hydrogen) atoms. The van der Waals surface area contributed by atoms with E-state index in [0.29, 0.717) is 0 Å². The summed E-state index contributed by atoms with van der Waals surface area (Å²) in [7, 11) is 0. The summed E-state index contributed by atoms with van der Waals surface area (Å²) in [6.07, 6.45) is 0.972. The van der Waals surface area contributed by atoms with Crippen molar-refractivity contribution in [1.82, 2.24) is 0 Å². The first-order chi connectivity index (χ1) is 10.4. The lowest BCUT2D eigenvalue weighted by atomic mass is 9.81. The molecular formula is C17H17Br2NO2. The highest BCUT2D eigenvalue weighted by Crippen LogP contribution is 2.60. The number of carbonyl (C=O) groups is 2. The van der Waals surface area contributed by atoms with Gasteiger partial charge in [-0.25, -0.2) is 4.90 Å². The topological polar surface area (TPSA) is 37.4 Å². The van der Waals surface area contributed by atoms with Crippen LogP contribution in [0.15, 0.2) is 18.2 Å². The SMILES string of the molecule is Cc1ccc(C)c(N2C(=O)[C@H]3[C@@H]4C[C@H]([C@@H](Br)[C@H]4Br)[C@@H]3C2=O)c1. The van der Waals surface area contributed by atoms with Gasteiger partial charge in [0.2, 0.25) is 11.8 Å². The van der Waals surface area contributed by atoms with Gasteiger partial charge in [-0.15, -0.1) is 0 Å². The Morgan fingerprint density at radius 3 is 2.09 bits per heavy atom. The summed E-state index contributed by atoms with van der Waals surface area (Å²) in [5.41, 5.74) is 2.81. The van der Waals surface area contributed by atoms with Crippen LogP contribution in [-0.2, 0) is 9.59 Å². The van der Waals surface area contributed by atoms with Crippen molar-refractivity contribution < 1.29 is 9.59 Å². The smallest absolute Gasteiger partial charge is 0.238 e. The zero-order valence-electron chi connectivity index (χ0n) is 12.4. The molecule has 0 spiro atoms. The maximum absolute atomic E-state index is 13.0. The molecule has 1 saturated heterocycles. The van der Waals surface area contributed by atoms with E-state index >= 15 is 0 Å². The molecule has 1 heterocycles. The third-order valence-electron chi connectivity index (χ3n) is 5.59. The van der Waals surface area contributed by atoms with Gasteiger partial charge in [0, 0.05) is 9.65 Å². The summed E-state index contributed by atoms with van der Waals surface area (Å²) in [6, 6.07) is 5.94. The largest absolute Gasteiger partial charge is 0.274 e. The third kappa shape index (κ3) is 1.78. The zero-order chi connectivity index (χ0) is 15.8. The Labute approximate surface area is 146 Å². The quantitative estimate of drug-likeness (QED) is 0.508. The summed E-state index contributed by atoms with van der Waals surface area (Å²) in [5, 5.41) is 0. The molecule has 0 radical (unpaired) electrons. The van der Waals surface area contributed by atoms with Crippen molar-refractivity contribution >= 4 is 49.4 Å². The molecule has 1 aromatic rings. The highest BCUT2D eigenvalue weighted by molar-refractivity contribution is 9.12. The number of amides is 2. The normalized spacial score (nSPS) is 39.7. The lowest BCUT2D eigenvalue weighted by molar-refractivity contribution is -0.123. The fraction of sp³-hybridized carbons (Fsp3) is 0.529. The predicted octanol–water partition coefficient (Wildman–Crippen LogP) is 3.59. The summed E-state index contributed by atoms with van der Waals surface area (Å²) < 4.78 is 0. The highest BCUT2D eigenvalue weighted by atomic mass is 79.9. The number of alkyl halides is 2. The van der Waals surface area contributed by atoms with Crippen LogP contribution in [0.3, 0.4) is 0 Å². The average Bonchev–Trinajstić information content (AvgIpc) is 3.07. The van der Waals surface area contributed by atoms with E-state index in [4.69, 9.17) is 0 Å². The van der Waals surface area contributed by atoms with Crippen molar-refractivity contribution in [3.63, 3.8) is 0 Å². The molecule has 6 atom stereocenters. The molecule has 2 saturated carbocycles. The second kappa shape index (κ2) is 4.91. The molecule has 4 rings (SSSR count). The van der Waals surface area contributed by atoms with Gasteiger partial charge in [-0.2, -0.15) is 0 Å². The summed E-state index contributed by atoms with van der Waals surface area (Å²) in [5.74, 6) is 0.253. The van der Waals surface area contributed by atoms with Crippen LogP contribution >= 0.6 is 31.9 Å². The lowest BCUT2D eigenvalue weighted by Crippen LogP contribution is -2.37. The fourth-order valence-corrected chi connectivity index (χ4v) is 6.42. The van der Waals surface area contributed by atoms with Crippen molar-refractivity contribution in [1.29, 1.82) is 0 Å². The van der Waals surface area contributed by atoms with Gasteiger partial charge in [0.05, 0.1) is 17.5 Å². The molecule has 3 nitrogen and oxygen atoms in total. The minimum atomic E-state index is -0.143. The summed E-state index contributed by atoms with van der Waals surface area (Å²) in [4.78, 5) is 28.0. The van der Waals surface area contributed by atoms with Crippen molar-refractivity contribution in [2.45, 2.75) is 29.9 Å². The van der Waals surface area contributed by atoms with Crippen LogP contribution in [0.4, 0.5) is 5.69 Å². The second-order valence-corrected chi connectivity index (χ2v) is 8.92. The van der Waals surface area contributed by atoms with Crippen molar-refractivity contribution in [2.24, 2.45) is 23.7 Å². The number of imide groups is 1. The van der Waals surface area contributed by atoms with E-state index in [2.05, 4.69) is 31.9 Å². The first kappa shape index (κ1) is 14.9. The molecule has 3 fully saturated rings. The number of anilines is 1. The van der Waals surface area contributed by atoms with E-state index in [9.17, 15) is 9.59 Å². The molecule has 1 aromatic carbocycles. The highest BCUT2D eigenvalue weighted by Gasteiger charge is 2.66. The Kier molecular flexibility index (Phi) is 3.32. The molecule has 0 N–H and O–H groups in total. The number of halogens is 2. The van der Waals surface area contributed by atoms with E-state index < -0.39 is 0 Å². The number of aryl methyl sites for hydroxylation is 2. The fourth-order valence-electron chi connectivity index (χ4n) is 4.55. The zero-order valence-corrected chi connectivity index (χ0v) is 15.6. The van der Waals surface area contributed by atoms with Crippen molar-refractivity contribution in [2.75, 3.05) is 4.90 Å². The Hall–Kier alpha value is -0.680. The predicted molar refractivity (Wildman–Crippen MR) is 92.4 cm³/mol. The molecule has 2 bridgehead atoms. The summed E-state index contributed by atoms with van der Waals surface area (Å²) in [6.45, 7) is 3.94. The number of fused-ring (bicyclic) bond motifs is 5. The van der Waals surface area contributed by atoms with Crippen LogP contribution in [-0.4, -0.2) is 21.5 Å². The Balaban J connectivity index is 1.77. The molecule has 2 amide bonds.